The van der Waals surface area contributed by atoms with Crippen LogP contribution in [-0.2, 0) is 0 Å². The van der Waals surface area contributed by atoms with Crippen LogP contribution < -0.4 is 10.1 Å². The number of hydrogen-bond donors (Lipinski definition) is 2. The number of aromatic nitrogens is 1. The van der Waals surface area contributed by atoms with Crippen molar-refractivity contribution in [1.82, 2.24) is 4.98 Å². The molecule has 3 heteroatoms. The van der Waals surface area contributed by atoms with Crippen molar-refractivity contribution in [2.45, 2.75) is 0 Å². The highest BCUT2D eigenvalue weighted by Gasteiger charge is 2.06. The molecule has 0 spiro atoms. The topological polar surface area (TPSA) is 37.0 Å². The van der Waals surface area contributed by atoms with Crippen molar-refractivity contribution in [2.75, 3.05) is 5.32 Å². The third-order valence-electron chi connectivity index (χ3n) is 3.68. The van der Waals surface area contributed by atoms with Gasteiger partial charge in [0, 0.05) is 17.6 Å². The van der Waals surface area contributed by atoms with Gasteiger partial charge in [-0.05, 0) is 35.7 Å². The van der Waals surface area contributed by atoms with Crippen LogP contribution in [0.2, 0.25) is 0 Å². The van der Waals surface area contributed by atoms with Crippen LogP contribution in [0.3, 0.4) is 0 Å². The lowest BCUT2D eigenvalue weighted by atomic mass is 10.1. The number of fused-ring (bicyclic) bond motifs is 1. The van der Waals surface area contributed by atoms with Crippen molar-refractivity contribution in [2.24, 2.45) is 0 Å². The summed E-state index contributed by atoms with van der Waals surface area (Å²) in [5, 5.41) is 5.71. The van der Waals surface area contributed by atoms with E-state index in [2.05, 4.69) is 28.5 Å². The van der Waals surface area contributed by atoms with Gasteiger partial charge in [0.15, 0.2) is 0 Å². The van der Waals surface area contributed by atoms with Gasteiger partial charge >= 0.3 is 0 Å². The van der Waals surface area contributed by atoms with Gasteiger partial charge in [0.1, 0.15) is 17.3 Å². The molecule has 112 valence electrons. The molecule has 0 saturated heterocycles. The maximum atomic E-state index is 6.00. The molecule has 0 aliphatic rings. The zero-order chi connectivity index (χ0) is 15.5. The zero-order valence-electron chi connectivity index (χ0n) is 12.5. The van der Waals surface area contributed by atoms with Crippen LogP contribution in [0.25, 0.3) is 10.8 Å². The van der Waals surface area contributed by atoms with E-state index in [1.54, 1.807) is 0 Å². The van der Waals surface area contributed by atoms with E-state index in [-0.39, 0.29) is 0 Å². The summed E-state index contributed by atoms with van der Waals surface area (Å²) in [6.07, 6.45) is 1.90. The molecule has 23 heavy (non-hydrogen) atoms. The second kappa shape index (κ2) is 5.89. The molecule has 1 aromatic heterocycles. The summed E-state index contributed by atoms with van der Waals surface area (Å²) in [7, 11) is 0. The Kier molecular flexibility index (Phi) is 3.45. The molecule has 4 aromatic rings. The monoisotopic (exact) mass is 300 g/mol. The van der Waals surface area contributed by atoms with Gasteiger partial charge in [0.25, 0.3) is 0 Å². The summed E-state index contributed by atoms with van der Waals surface area (Å²) in [4.78, 5) is 3.17. The van der Waals surface area contributed by atoms with E-state index in [4.69, 9.17) is 4.74 Å². The number of ether oxygens (including phenoxy) is 1. The standard InChI is InChI=1S/C20H16N2O/c1-2-8-16(9-3-1)23-17-13-15-7-4-5-10-18(15)19(14-17)22-20-11-6-12-21-20/h1-14,21-22H. The molecule has 0 saturated carbocycles. The van der Waals surface area contributed by atoms with Crippen LogP contribution in [0.4, 0.5) is 11.5 Å². The first-order chi connectivity index (χ1) is 11.4. The first kappa shape index (κ1) is 13.5. The van der Waals surface area contributed by atoms with Crippen molar-refractivity contribution < 1.29 is 4.74 Å². The summed E-state index contributed by atoms with van der Waals surface area (Å²) in [6.45, 7) is 0. The molecular formula is C20H16N2O. The van der Waals surface area contributed by atoms with Crippen molar-refractivity contribution in [3.8, 4) is 11.5 Å². The number of hydrogen-bond acceptors (Lipinski definition) is 2. The average molecular weight is 300 g/mol. The predicted molar refractivity (Wildman–Crippen MR) is 94.5 cm³/mol. The molecule has 4 rings (SSSR count). The molecule has 0 atom stereocenters. The fraction of sp³-hybridized carbons (Fsp3) is 0. The van der Waals surface area contributed by atoms with Crippen LogP contribution >= 0.6 is 0 Å². The van der Waals surface area contributed by atoms with Crippen LogP contribution in [0.5, 0.6) is 11.5 Å². The first-order valence-electron chi connectivity index (χ1n) is 7.54. The van der Waals surface area contributed by atoms with Gasteiger partial charge in [0.05, 0.1) is 5.69 Å². The van der Waals surface area contributed by atoms with Gasteiger partial charge in [-0.25, -0.2) is 0 Å². The summed E-state index contributed by atoms with van der Waals surface area (Å²) >= 11 is 0. The van der Waals surface area contributed by atoms with Crippen LogP contribution in [0.1, 0.15) is 0 Å². The maximum absolute atomic E-state index is 6.00. The van der Waals surface area contributed by atoms with Gasteiger partial charge in [-0.3, -0.25) is 0 Å². The number of aromatic amines is 1. The third kappa shape index (κ3) is 2.90. The van der Waals surface area contributed by atoms with Crippen LogP contribution in [0, 0.1) is 0 Å². The lowest BCUT2D eigenvalue weighted by Gasteiger charge is -2.12. The van der Waals surface area contributed by atoms with Crippen molar-refractivity contribution in [1.29, 1.82) is 0 Å². The molecule has 1 heterocycles. The lowest BCUT2D eigenvalue weighted by Crippen LogP contribution is -1.93. The number of benzene rings is 3. The minimum absolute atomic E-state index is 0.809. The molecule has 0 aliphatic heterocycles. The second-order valence-corrected chi connectivity index (χ2v) is 5.32. The Balaban J connectivity index is 1.77. The quantitative estimate of drug-likeness (QED) is 0.507. The van der Waals surface area contributed by atoms with Crippen molar-refractivity contribution in [3.63, 3.8) is 0 Å². The van der Waals surface area contributed by atoms with Crippen molar-refractivity contribution in [3.05, 3.63) is 85.1 Å². The summed E-state index contributed by atoms with van der Waals surface area (Å²) in [6, 6.07) is 26.1. The molecule has 0 bridgehead atoms. The minimum Gasteiger partial charge on any atom is -0.457 e. The highest BCUT2D eigenvalue weighted by Crippen LogP contribution is 2.33. The molecule has 3 aromatic carbocycles. The fourth-order valence-corrected chi connectivity index (χ4v) is 2.62. The van der Waals surface area contributed by atoms with E-state index in [0.29, 0.717) is 0 Å². The molecule has 2 N–H and O–H groups in total. The van der Waals surface area contributed by atoms with Gasteiger partial charge < -0.3 is 15.0 Å². The molecule has 0 radical (unpaired) electrons. The minimum atomic E-state index is 0.809. The van der Waals surface area contributed by atoms with Crippen LogP contribution in [-0.4, -0.2) is 4.98 Å². The van der Waals surface area contributed by atoms with E-state index in [9.17, 15) is 0 Å². The Hall–Kier alpha value is -3.20. The van der Waals surface area contributed by atoms with E-state index < -0.39 is 0 Å². The summed E-state index contributed by atoms with van der Waals surface area (Å²) in [5.74, 6) is 2.59. The second-order valence-electron chi connectivity index (χ2n) is 5.32. The SMILES string of the molecule is c1ccc(Oc2cc(Nc3ccc[nH]3)c3ccccc3c2)cc1. The van der Waals surface area contributed by atoms with E-state index in [1.165, 1.54) is 0 Å². The smallest absolute Gasteiger partial charge is 0.130 e. The third-order valence-corrected chi connectivity index (χ3v) is 3.68. The van der Waals surface area contributed by atoms with Gasteiger partial charge in [-0.1, -0.05) is 42.5 Å². The molecule has 0 amide bonds. The molecular weight excluding hydrogens is 284 g/mol. The van der Waals surface area contributed by atoms with Gasteiger partial charge in [-0.2, -0.15) is 0 Å². The molecule has 0 unspecified atom stereocenters. The predicted octanol–water partition coefficient (Wildman–Crippen LogP) is 5.70. The van der Waals surface area contributed by atoms with E-state index in [0.717, 1.165) is 33.8 Å². The first-order valence-corrected chi connectivity index (χ1v) is 7.54. The highest BCUT2D eigenvalue weighted by molar-refractivity contribution is 5.96. The lowest BCUT2D eigenvalue weighted by molar-refractivity contribution is 0.483. The number of rotatable bonds is 4. The Morgan fingerprint density at radius 2 is 1.57 bits per heavy atom. The summed E-state index contributed by atoms with van der Waals surface area (Å²) in [5.41, 5.74) is 1.01. The number of H-pyrrole nitrogens is 1. The summed E-state index contributed by atoms with van der Waals surface area (Å²) < 4.78 is 6.00. The maximum Gasteiger partial charge on any atom is 0.130 e. The zero-order valence-corrected chi connectivity index (χ0v) is 12.5. The average Bonchev–Trinajstić information content (AvgIpc) is 3.09. The van der Waals surface area contributed by atoms with Gasteiger partial charge in [-0.15, -0.1) is 0 Å². The fourth-order valence-electron chi connectivity index (χ4n) is 2.62. The number of nitrogens with one attached hydrogen (secondary N) is 2. The molecule has 3 nitrogen and oxygen atoms in total. The van der Waals surface area contributed by atoms with E-state index in [1.807, 2.05) is 66.9 Å². The number of anilines is 2. The largest absolute Gasteiger partial charge is 0.457 e. The van der Waals surface area contributed by atoms with Crippen LogP contribution in [0.15, 0.2) is 85.1 Å². The molecule has 0 aliphatic carbocycles. The van der Waals surface area contributed by atoms with Gasteiger partial charge in [0.2, 0.25) is 0 Å². The Labute approximate surface area is 134 Å². The number of para-hydroxylation sites is 1. The normalized spacial score (nSPS) is 10.6. The Morgan fingerprint density at radius 3 is 2.39 bits per heavy atom. The molecule has 0 fully saturated rings. The van der Waals surface area contributed by atoms with Crippen molar-refractivity contribution >= 4 is 22.3 Å². The van der Waals surface area contributed by atoms with E-state index >= 15 is 0 Å². The Bertz CT molecular complexity index is 915. The Morgan fingerprint density at radius 1 is 0.739 bits per heavy atom. The highest BCUT2D eigenvalue weighted by atomic mass is 16.5.